The minimum atomic E-state index is -1.15. The van der Waals surface area contributed by atoms with Crippen LogP contribution in [0.25, 0.3) is 10.6 Å². The highest BCUT2D eigenvalue weighted by Crippen LogP contribution is 2.28. The molecule has 2 heterocycles. The van der Waals surface area contributed by atoms with Crippen molar-refractivity contribution in [2.75, 3.05) is 5.32 Å². The quantitative estimate of drug-likeness (QED) is 0.850. The van der Waals surface area contributed by atoms with Crippen molar-refractivity contribution in [1.82, 2.24) is 4.98 Å². The van der Waals surface area contributed by atoms with E-state index in [0.717, 1.165) is 16.6 Å². The van der Waals surface area contributed by atoms with Gasteiger partial charge in [-0.3, -0.25) is 10.1 Å². The Morgan fingerprint density at radius 3 is 2.84 bits per heavy atom. The van der Waals surface area contributed by atoms with E-state index >= 15 is 0 Å². The predicted molar refractivity (Wildman–Crippen MR) is 75.4 cm³/mol. The molecular formula is C12H10N2O3S2. The van der Waals surface area contributed by atoms with Crippen LogP contribution in [-0.4, -0.2) is 22.0 Å². The molecule has 0 fully saturated rings. The first-order valence-corrected chi connectivity index (χ1v) is 7.04. The lowest BCUT2D eigenvalue weighted by molar-refractivity contribution is -0.131. The number of carboxylic acid groups (broad SMARTS) is 1. The molecule has 0 aliphatic heterocycles. The number of thiazole rings is 1. The number of anilines is 1. The van der Waals surface area contributed by atoms with E-state index in [-0.39, 0.29) is 5.57 Å². The highest BCUT2D eigenvalue weighted by Gasteiger charge is 2.10. The zero-order valence-corrected chi connectivity index (χ0v) is 11.5. The van der Waals surface area contributed by atoms with Gasteiger partial charge in [0.2, 0.25) is 0 Å². The van der Waals surface area contributed by atoms with Gasteiger partial charge in [0.25, 0.3) is 5.91 Å². The van der Waals surface area contributed by atoms with E-state index in [9.17, 15) is 9.59 Å². The summed E-state index contributed by atoms with van der Waals surface area (Å²) in [7, 11) is 0. The molecule has 0 saturated heterocycles. The van der Waals surface area contributed by atoms with Crippen molar-refractivity contribution in [3.8, 4) is 10.6 Å². The van der Waals surface area contributed by atoms with Gasteiger partial charge < -0.3 is 5.11 Å². The van der Waals surface area contributed by atoms with Crippen LogP contribution in [0.4, 0.5) is 5.13 Å². The number of nitrogens with one attached hydrogen (secondary N) is 1. The fourth-order valence-corrected chi connectivity index (χ4v) is 2.78. The van der Waals surface area contributed by atoms with Gasteiger partial charge >= 0.3 is 5.97 Å². The van der Waals surface area contributed by atoms with Gasteiger partial charge in [-0.05, 0) is 18.4 Å². The number of aliphatic carboxylic acids is 1. The summed E-state index contributed by atoms with van der Waals surface area (Å²) in [4.78, 5) is 27.4. The zero-order chi connectivity index (χ0) is 13.8. The number of nitrogens with zero attached hydrogens (tertiary/aromatic N) is 1. The number of aromatic nitrogens is 1. The summed E-state index contributed by atoms with van der Waals surface area (Å²) >= 11 is 2.87. The molecule has 1 amide bonds. The van der Waals surface area contributed by atoms with Crippen molar-refractivity contribution in [1.29, 1.82) is 0 Å². The molecule has 0 aromatic carbocycles. The SMILES string of the molecule is C/C(=C/C(=O)O)C(=O)Nc1nc(-c2cccs2)cs1. The number of carboxylic acids is 1. The van der Waals surface area contributed by atoms with Gasteiger partial charge in [0, 0.05) is 17.0 Å². The van der Waals surface area contributed by atoms with Crippen molar-refractivity contribution in [3.05, 3.63) is 34.5 Å². The van der Waals surface area contributed by atoms with Crippen molar-refractivity contribution in [3.63, 3.8) is 0 Å². The van der Waals surface area contributed by atoms with E-state index in [1.807, 2.05) is 22.9 Å². The Balaban J connectivity index is 2.09. The molecule has 2 aromatic heterocycles. The summed E-state index contributed by atoms with van der Waals surface area (Å²) in [5.41, 5.74) is 0.926. The van der Waals surface area contributed by atoms with Gasteiger partial charge in [-0.2, -0.15) is 0 Å². The lowest BCUT2D eigenvalue weighted by Gasteiger charge is -2.00. The molecule has 2 N–H and O–H groups in total. The first-order chi connectivity index (χ1) is 9.06. The first-order valence-electron chi connectivity index (χ1n) is 5.28. The van der Waals surface area contributed by atoms with Gasteiger partial charge in [0.1, 0.15) is 0 Å². The molecular weight excluding hydrogens is 284 g/mol. The maximum atomic E-state index is 11.7. The molecule has 2 aromatic rings. The molecule has 19 heavy (non-hydrogen) atoms. The Kier molecular flexibility index (Phi) is 4.08. The number of hydrogen-bond acceptors (Lipinski definition) is 5. The monoisotopic (exact) mass is 294 g/mol. The lowest BCUT2D eigenvalue weighted by atomic mass is 10.2. The number of carbonyl (C=O) groups is 2. The molecule has 0 unspecified atom stereocenters. The molecule has 5 nitrogen and oxygen atoms in total. The number of rotatable bonds is 4. The second-order valence-corrected chi connectivity index (χ2v) is 5.44. The average molecular weight is 294 g/mol. The Bertz CT molecular complexity index is 629. The van der Waals surface area contributed by atoms with Crippen LogP contribution in [0.3, 0.4) is 0 Å². The zero-order valence-electron chi connectivity index (χ0n) is 9.91. The fourth-order valence-electron chi connectivity index (χ4n) is 1.32. The van der Waals surface area contributed by atoms with Crippen LogP contribution in [0, 0.1) is 0 Å². The molecule has 0 atom stereocenters. The van der Waals surface area contributed by atoms with Crippen molar-refractivity contribution in [2.45, 2.75) is 6.92 Å². The number of carbonyl (C=O) groups excluding carboxylic acids is 1. The van der Waals surface area contributed by atoms with E-state index in [1.165, 1.54) is 18.3 Å². The topological polar surface area (TPSA) is 79.3 Å². The van der Waals surface area contributed by atoms with Gasteiger partial charge in [-0.1, -0.05) is 6.07 Å². The summed E-state index contributed by atoms with van der Waals surface area (Å²) in [5.74, 6) is -1.61. The van der Waals surface area contributed by atoms with Gasteiger partial charge in [-0.25, -0.2) is 9.78 Å². The normalized spacial score (nSPS) is 11.3. The van der Waals surface area contributed by atoms with Crippen LogP contribution < -0.4 is 5.32 Å². The van der Waals surface area contributed by atoms with E-state index in [0.29, 0.717) is 5.13 Å². The Morgan fingerprint density at radius 1 is 1.42 bits per heavy atom. The molecule has 0 bridgehead atoms. The van der Waals surface area contributed by atoms with Gasteiger partial charge in [-0.15, -0.1) is 22.7 Å². The molecule has 98 valence electrons. The van der Waals surface area contributed by atoms with Crippen molar-refractivity contribution < 1.29 is 14.7 Å². The van der Waals surface area contributed by atoms with E-state index in [2.05, 4.69) is 10.3 Å². The summed E-state index contributed by atoms with van der Waals surface area (Å²) in [6.07, 6.45) is 0.864. The third kappa shape index (κ3) is 3.49. The highest BCUT2D eigenvalue weighted by molar-refractivity contribution is 7.16. The number of amides is 1. The maximum Gasteiger partial charge on any atom is 0.328 e. The second-order valence-electron chi connectivity index (χ2n) is 3.63. The van der Waals surface area contributed by atoms with Crippen LogP contribution in [0.1, 0.15) is 6.92 Å². The molecule has 2 rings (SSSR count). The molecule has 0 spiro atoms. The lowest BCUT2D eigenvalue weighted by Crippen LogP contribution is -2.13. The first kappa shape index (κ1) is 13.4. The van der Waals surface area contributed by atoms with E-state index in [1.54, 1.807) is 11.3 Å². The highest BCUT2D eigenvalue weighted by atomic mass is 32.1. The Labute approximate surface area is 117 Å². The Morgan fingerprint density at radius 2 is 2.21 bits per heavy atom. The molecule has 7 heteroatoms. The second kappa shape index (κ2) is 5.77. The fraction of sp³-hybridized carbons (Fsp3) is 0.0833. The summed E-state index contributed by atoms with van der Waals surface area (Å²) < 4.78 is 0. The van der Waals surface area contributed by atoms with Crippen LogP contribution in [-0.2, 0) is 9.59 Å². The average Bonchev–Trinajstić information content (AvgIpc) is 2.96. The van der Waals surface area contributed by atoms with Crippen molar-refractivity contribution >= 4 is 39.7 Å². The van der Waals surface area contributed by atoms with Gasteiger partial charge in [0.15, 0.2) is 5.13 Å². The van der Waals surface area contributed by atoms with E-state index in [4.69, 9.17) is 5.11 Å². The minimum absolute atomic E-state index is 0.125. The number of hydrogen-bond donors (Lipinski definition) is 2. The Hall–Kier alpha value is -1.99. The minimum Gasteiger partial charge on any atom is -0.478 e. The van der Waals surface area contributed by atoms with Crippen LogP contribution in [0.2, 0.25) is 0 Å². The van der Waals surface area contributed by atoms with Crippen molar-refractivity contribution in [2.24, 2.45) is 0 Å². The number of thiophene rings is 1. The molecule has 0 aliphatic rings. The van der Waals surface area contributed by atoms with E-state index < -0.39 is 11.9 Å². The summed E-state index contributed by atoms with van der Waals surface area (Å²) in [6.45, 7) is 1.44. The smallest absolute Gasteiger partial charge is 0.328 e. The summed E-state index contributed by atoms with van der Waals surface area (Å²) in [5, 5.41) is 15.4. The molecule has 0 saturated carbocycles. The largest absolute Gasteiger partial charge is 0.478 e. The van der Waals surface area contributed by atoms with Crippen LogP contribution in [0.5, 0.6) is 0 Å². The van der Waals surface area contributed by atoms with Crippen LogP contribution in [0.15, 0.2) is 34.5 Å². The van der Waals surface area contributed by atoms with Crippen LogP contribution >= 0.6 is 22.7 Å². The maximum absolute atomic E-state index is 11.7. The standard InChI is InChI=1S/C12H10N2O3S2/c1-7(5-10(15)16)11(17)14-12-13-8(6-19-12)9-3-2-4-18-9/h2-6H,1H3,(H,15,16)(H,13,14,17)/b7-5-. The summed E-state index contributed by atoms with van der Waals surface area (Å²) in [6, 6.07) is 3.87. The van der Waals surface area contributed by atoms with Gasteiger partial charge in [0.05, 0.1) is 10.6 Å². The third-order valence-electron chi connectivity index (χ3n) is 2.20. The third-order valence-corrected chi connectivity index (χ3v) is 3.85. The molecule has 0 radical (unpaired) electrons. The molecule has 0 aliphatic carbocycles. The predicted octanol–water partition coefficient (Wildman–Crippen LogP) is 2.84.